The lowest BCUT2D eigenvalue weighted by Gasteiger charge is -2.15. The Balaban J connectivity index is 1.52. The maximum absolute atomic E-state index is 12.5. The molecule has 1 aliphatic carbocycles. The predicted octanol–water partition coefficient (Wildman–Crippen LogP) is 3.50. The second-order valence-corrected chi connectivity index (χ2v) is 6.66. The fourth-order valence-corrected chi connectivity index (χ4v) is 3.41. The van der Waals surface area contributed by atoms with Gasteiger partial charge in [0.2, 0.25) is 0 Å². The summed E-state index contributed by atoms with van der Waals surface area (Å²) in [6.07, 6.45) is 2.86. The number of aromatic nitrogens is 2. The maximum atomic E-state index is 12.5. The van der Waals surface area contributed by atoms with E-state index in [-0.39, 0.29) is 10.7 Å². The van der Waals surface area contributed by atoms with Crippen molar-refractivity contribution < 1.29 is 9.72 Å². The molecule has 1 amide bonds. The Morgan fingerprint density at radius 1 is 1.29 bits per heavy atom. The molecular weight excluding hydrogens is 382 g/mol. The van der Waals surface area contributed by atoms with Crippen molar-refractivity contribution in [1.29, 1.82) is 0 Å². The van der Waals surface area contributed by atoms with Gasteiger partial charge in [-0.3, -0.25) is 20.0 Å². The van der Waals surface area contributed by atoms with Gasteiger partial charge in [0.25, 0.3) is 11.6 Å². The summed E-state index contributed by atoms with van der Waals surface area (Å²) < 4.78 is 0. The summed E-state index contributed by atoms with van der Waals surface area (Å²) in [6, 6.07) is 12.2. The Hall–Kier alpha value is -3.52. The maximum Gasteiger partial charge on any atom is 0.289 e. The Bertz CT molecular complexity index is 1120. The standard InChI is InChI=1S/C19H14ClN5O3/c20-15-8-5-11(9-16(15)25(27)28)10-21-24-19(26)18-14-7-6-12-3-1-2-4-13(12)17(14)22-23-18/h1-5,8-10H,6-7H2,(H,22,23)(H,24,26)/b21-10+. The minimum absolute atomic E-state index is 0.0376. The van der Waals surface area contributed by atoms with Crippen molar-refractivity contribution >= 4 is 29.4 Å². The van der Waals surface area contributed by atoms with E-state index in [1.807, 2.05) is 18.2 Å². The molecule has 0 bridgehead atoms. The van der Waals surface area contributed by atoms with Crippen LogP contribution < -0.4 is 5.43 Å². The molecule has 0 atom stereocenters. The highest BCUT2D eigenvalue weighted by Crippen LogP contribution is 2.33. The van der Waals surface area contributed by atoms with Crippen molar-refractivity contribution in [1.82, 2.24) is 15.6 Å². The van der Waals surface area contributed by atoms with Crippen molar-refractivity contribution in [2.75, 3.05) is 0 Å². The van der Waals surface area contributed by atoms with Crippen LogP contribution in [0.4, 0.5) is 5.69 Å². The second-order valence-electron chi connectivity index (χ2n) is 6.25. The predicted molar refractivity (Wildman–Crippen MR) is 105 cm³/mol. The number of hydrogen-bond donors (Lipinski definition) is 2. The summed E-state index contributed by atoms with van der Waals surface area (Å²) in [5.41, 5.74) is 6.88. The molecule has 0 unspecified atom stereocenters. The molecule has 0 saturated heterocycles. The lowest BCUT2D eigenvalue weighted by molar-refractivity contribution is -0.384. The quantitative estimate of drug-likeness (QED) is 0.399. The Morgan fingerprint density at radius 3 is 2.93 bits per heavy atom. The Labute approximate surface area is 164 Å². The number of nitrogens with zero attached hydrogens (tertiary/aromatic N) is 3. The number of hydrogen-bond acceptors (Lipinski definition) is 5. The lowest BCUT2D eigenvalue weighted by Crippen LogP contribution is -2.20. The van der Waals surface area contributed by atoms with E-state index in [1.165, 1.54) is 23.9 Å². The average Bonchev–Trinajstić information content (AvgIpc) is 3.13. The van der Waals surface area contributed by atoms with E-state index in [4.69, 9.17) is 11.6 Å². The van der Waals surface area contributed by atoms with E-state index in [0.717, 1.165) is 23.2 Å². The smallest absolute Gasteiger partial charge is 0.272 e. The molecule has 0 radical (unpaired) electrons. The summed E-state index contributed by atoms with van der Waals surface area (Å²) in [7, 11) is 0. The van der Waals surface area contributed by atoms with Gasteiger partial charge < -0.3 is 0 Å². The van der Waals surface area contributed by atoms with Gasteiger partial charge in [-0.1, -0.05) is 41.9 Å². The van der Waals surface area contributed by atoms with Gasteiger partial charge in [-0.05, 0) is 24.5 Å². The number of fused-ring (bicyclic) bond motifs is 3. The number of carbonyl (C=O) groups is 1. The van der Waals surface area contributed by atoms with Crippen LogP contribution in [0.5, 0.6) is 0 Å². The highest BCUT2D eigenvalue weighted by Gasteiger charge is 2.24. The zero-order chi connectivity index (χ0) is 19.7. The minimum Gasteiger partial charge on any atom is -0.272 e. The van der Waals surface area contributed by atoms with Gasteiger partial charge in [0.05, 0.1) is 16.8 Å². The molecule has 0 fully saturated rings. The molecular formula is C19H14ClN5O3. The number of hydrazone groups is 1. The molecule has 0 spiro atoms. The summed E-state index contributed by atoms with van der Waals surface area (Å²) in [5, 5.41) is 21.9. The monoisotopic (exact) mass is 395 g/mol. The molecule has 2 N–H and O–H groups in total. The summed E-state index contributed by atoms with van der Waals surface area (Å²) in [6.45, 7) is 0. The highest BCUT2D eigenvalue weighted by atomic mass is 35.5. The highest BCUT2D eigenvalue weighted by molar-refractivity contribution is 6.32. The van der Waals surface area contributed by atoms with Crippen molar-refractivity contribution in [3.8, 4) is 11.3 Å². The summed E-state index contributed by atoms with van der Waals surface area (Å²) >= 11 is 5.78. The first kappa shape index (κ1) is 17.9. The van der Waals surface area contributed by atoms with E-state index < -0.39 is 10.8 Å². The van der Waals surface area contributed by atoms with Crippen LogP contribution in [0.1, 0.15) is 27.2 Å². The molecule has 28 heavy (non-hydrogen) atoms. The van der Waals surface area contributed by atoms with E-state index in [9.17, 15) is 14.9 Å². The van der Waals surface area contributed by atoms with Crippen LogP contribution in [-0.2, 0) is 12.8 Å². The SMILES string of the molecule is O=C(N/N=C/c1ccc(Cl)c([N+](=O)[O-])c1)c1[nH]nc2c1CCc1ccccc1-2. The van der Waals surface area contributed by atoms with Gasteiger partial charge >= 0.3 is 0 Å². The first-order valence-corrected chi connectivity index (χ1v) is 8.85. The van der Waals surface area contributed by atoms with Crippen molar-refractivity contribution in [2.24, 2.45) is 5.10 Å². The number of amides is 1. The zero-order valence-corrected chi connectivity index (χ0v) is 15.2. The van der Waals surface area contributed by atoms with E-state index in [2.05, 4.69) is 26.8 Å². The largest absolute Gasteiger partial charge is 0.289 e. The van der Waals surface area contributed by atoms with Crippen LogP contribution in [-0.4, -0.2) is 27.2 Å². The molecule has 8 nitrogen and oxygen atoms in total. The van der Waals surface area contributed by atoms with Crippen LogP contribution in [0, 0.1) is 10.1 Å². The molecule has 3 aromatic rings. The van der Waals surface area contributed by atoms with E-state index >= 15 is 0 Å². The third-order valence-electron chi connectivity index (χ3n) is 4.56. The van der Waals surface area contributed by atoms with E-state index in [1.54, 1.807) is 6.07 Å². The molecule has 2 aromatic carbocycles. The molecule has 4 rings (SSSR count). The number of rotatable bonds is 4. The fraction of sp³-hybridized carbons (Fsp3) is 0.105. The zero-order valence-electron chi connectivity index (χ0n) is 14.5. The first-order valence-electron chi connectivity index (χ1n) is 8.47. The fourth-order valence-electron chi connectivity index (χ4n) is 3.22. The Kier molecular flexibility index (Phi) is 4.62. The number of nitro benzene ring substituents is 1. The topological polar surface area (TPSA) is 113 Å². The van der Waals surface area contributed by atoms with Gasteiger partial charge in [-0.25, -0.2) is 5.43 Å². The number of halogens is 1. The summed E-state index contributed by atoms with van der Waals surface area (Å²) in [5.74, 6) is -0.423. The molecule has 1 aromatic heterocycles. The van der Waals surface area contributed by atoms with E-state index in [0.29, 0.717) is 17.7 Å². The number of H-pyrrole nitrogens is 1. The van der Waals surface area contributed by atoms with Gasteiger partial charge in [0.15, 0.2) is 0 Å². The summed E-state index contributed by atoms with van der Waals surface area (Å²) in [4.78, 5) is 22.8. The second kappa shape index (κ2) is 7.24. The van der Waals surface area contributed by atoms with Crippen LogP contribution in [0.3, 0.4) is 0 Å². The van der Waals surface area contributed by atoms with Crippen LogP contribution in [0.25, 0.3) is 11.3 Å². The van der Waals surface area contributed by atoms with Crippen molar-refractivity contribution in [3.63, 3.8) is 0 Å². The number of nitrogens with one attached hydrogen (secondary N) is 2. The number of carbonyl (C=O) groups excluding carboxylic acids is 1. The Morgan fingerprint density at radius 2 is 2.11 bits per heavy atom. The molecule has 9 heteroatoms. The van der Waals surface area contributed by atoms with Crippen LogP contribution >= 0.6 is 11.6 Å². The van der Waals surface area contributed by atoms with Crippen LogP contribution in [0.15, 0.2) is 47.6 Å². The first-order chi connectivity index (χ1) is 13.5. The molecule has 1 aliphatic rings. The average molecular weight is 396 g/mol. The van der Waals surface area contributed by atoms with Gasteiger partial charge in [-0.15, -0.1) is 0 Å². The van der Waals surface area contributed by atoms with Crippen molar-refractivity contribution in [3.05, 3.63) is 80.0 Å². The number of benzene rings is 2. The van der Waals surface area contributed by atoms with Gasteiger partial charge in [0.1, 0.15) is 10.7 Å². The lowest BCUT2D eigenvalue weighted by atomic mass is 9.89. The number of nitro groups is 1. The molecule has 0 saturated carbocycles. The van der Waals surface area contributed by atoms with Gasteiger partial charge in [-0.2, -0.15) is 10.2 Å². The van der Waals surface area contributed by atoms with Gasteiger partial charge in [0, 0.05) is 22.8 Å². The third kappa shape index (κ3) is 3.25. The van der Waals surface area contributed by atoms with Crippen LogP contribution in [0.2, 0.25) is 5.02 Å². The minimum atomic E-state index is -0.576. The number of aryl methyl sites for hydroxylation is 1. The third-order valence-corrected chi connectivity index (χ3v) is 4.88. The molecule has 0 aliphatic heterocycles. The van der Waals surface area contributed by atoms with Crippen molar-refractivity contribution in [2.45, 2.75) is 12.8 Å². The normalized spacial score (nSPS) is 12.5. The number of aromatic amines is 1. The molecule has 1 heterocycles. The molecule has 140 valence electrons.